The summed E-state index contributed by atoms with van der Waals surface area (Å²) in [6.07, 6.45) is 2.80. The van der Waals surface area contributed by atoms with E-state index in [9.17, 15) is 8.78 Å². The average molecular weight is 383 g/mol. The van der Waals surface area contributed by atoms with E-state index >= 15 is 0 Å². The molecule has 0 spiro atoms. The van der Waals surface area contributed by atoms with Gasteiger partial charge in [-0.15, -0.1) is 16.4 Å². The quantitative estimate of drug-likeness (QED) is 0.570. The molecule has 27 heavy (non-hydrogen) atoms. The van der Waals surface area contributed by atoms with E-state index in [4.69, 9.17) is 0 Å². The van der Waals surface area contributed by atoms with Crippen molar-refractivity contribution in [3.05, 3.63) is 71.0 Å². The zero-order chi connectivity index (χ0) is 18.4. The summed E-state index contributed by atoms with van der Waals surface area (Å²) in [6, 6.07) is 10.3. The van der Waals surface area contributed by atoms with Gasteiger partial charge in [-0.2, -0.15) is 0 Å². The topological polar surface area (TPSA) is 55.6 Å². The van der Waals surface area contributed by atoms with Gasteiger partial charge in [-0.05, 0) is 42.3 Å². The van der Waals surface area contributed by atoms with Crippen LogP contribution >= 0.6 is 11.3 Å². The Kier molecular flexibility index (Phi) is 3.95. The molecule has 5 rings (SSSR count). The Labute approximate surface area is 157 Å². The summed E-state index contributed by atoms with van der Waals surface area (Å²) in [7, 11) is 0. The van der Waals surface area contributed by atoms with E-state index in [0.717, 1.165) is 33.6 Å². The van der Waals surface area contributed by atoms with Crippen LogP contribution in [0.3, 0.4) is 0 Å². The minimum atomic E-state index is -0.808. The molecule has 1 fully saturated rings. The van der Waals surface area contributed by atoms with Gasteiger partial charge < -0.3 is 5.32 Å². The van der Waals surface area contributed by atoms with Gasteiger partial charge in [-0.3, -0.25) is 0 Å². The average Bonchev–Trinajstić information content (AvgIpc) is 3.07. The molecule has 2 aromatic heterocycles. The van der Waals surface area contributed by atoms with E-state index in [1.54, 1.807) is 22.1 Å². The second-order valence-corrected chi connectivity index (χ2v) is 7.55. The number of hydrogen-bond acceptors (Lipinski definition) is 5. The second-order valence-electron chi connectivity index (χ2n) is 6.66. The maximum atomic E-state index is 13.4. The van der Waals surface area contributed by atoms with Crippen LogP contribution in [0.2, 0.25) is 0 Å². The highest BCUT2D eigenvalue weighted by atomic mass is 32.1. The highest BCUT2D eigenvalue weighted by Gasteiger charge is 2.38. The van der Waals surface area contributed by atoms with Gasteiger partial charge in [0.1, 0.15) is 0 Å². The zero-order valence-corrected chi connectivity index (χ0v) is 15.0. The fourth-order valence-electron chi connectivity index (χ4n) is 3.26. The number of hydrogen-bond donors (Lipinski definition) is 1. The smallest absolute Gasteiger partial charge is 0.159 e. The summed E-state index contributed by atoms with van der Waals surface area (Å²) in [4.78, 5) is 4.28. The fourth-order valence-corrected chi connectivity index (χ4v) is 3.97. The van der Waals surface area contributed by atoms with Crippen LogP contribution in [0.25, 0.3) is 15.9 Å². The van der Waals surface area contributed by atoms with Crippen molar-refractivity contribution >= 4 is 21.6 Å². The SMILES string of the molecule is Fc1ccc([C@@H]2C[C@H]2NCc2cn(-c3ccc4ncsc4c3)nn2)cc1F. The lowest BCUT2D eigenvalue weighted by molar-refractivity contribution is 0.506. The number of fused-ring (bicyclic) bond motifs is 1. The number of benzene rings is 2. The maximum Gasteiger partial charge on any atom is 0.159 e. The summed E-state index contributed by atoms with van der Waals surface area (Å²) >= 11 is 1.59. The minimum absolute atomic E-state index is 0.212. The maximum absolute atomic E-state index is 13.4. The Balaban J connectivity index is 1.23. The van der Waals surface area contributed by atoms with Crippen LogP contribution < -0.4 is 5.32 Å². The van der Waals surface area contributed by atoms with Gasteiger partial charge in [-0.1, -0.05) is 11.3 Å². The minimum Gasteiger partial charge on any atom is -0.308 e. The molecule has 0 bridgehead atoms. The van der Waals surface area contributed by atoms with Crippen molar-refractivity contribution in [1.82, 2.24) is 25.3 Å². The molecular formula is C19H15F2N5S. The zero-order valence-electron chi connectivity index (χ0n) is 14.1. The van der Waals surface area contributed by atoms with Crippen molar-refractivity contribution in [1.29, 1.82) is 0 Å². The summed E-state index contributed by atoms with van der Waals surface area (Å²) in [5.74, 6) is -1.39. The van der Waals surface area contributed by atoms with Crippen LogP contribution in [0.4, 0.5) is 8.78 Å². The molecule has 5 nitrogen and oxygen atoms in total. The molecule has 2 heterocycles. The van der Waals surface area contributed by atoms with Gasteiger partial charge in [0, 0.05) is 18.5 Å². The molecule has 1 aliphatic rings. The highest BCUT2D eigenvalue weighted by Crippen LogP contribution is 2.41. The first-order valence-corrected chi connectivity index (χ1v) is 9.48. The number of aromatic nitrogens is 4. The Morgan fingerprint density at radius 2 is 2.07 bits per heavy atom. The summed E-state index contributed by atoms with van der Waals surface area (Å²) in [5.41, 5.74) is 5.40. The second kappa shape index (κ2) is 6.47. The molecule has 1 aliphatic carbocycles. The lowest BCUT2D eigenvalue weighted by atomic mass is 10.1. The largest absolute Gasteiger partial charge is 0.308 e. The molecule has 8 heteroatoms. The third-order valence-corrected chi connectivity index (χ3v) is 5.62. The van der Waals surface area contributed by atoms with Gasteiger partial charge in [0.25, 0.3) is 0 Å². The van der Waals surface area contributed by atoms with Crippen molar-refractivity contribution in [3.63, 3.8) is 0 Å². The fraction of sp³-hybridized carbons (Fsp3) is 0.211. The van der Waals surface area contributed by atoms with Crippen molar-refractivity contribution in [2.45, 2.75) is 24.9 Å². The molecule has 2 aromatic carbocycles. The predicted octanol–water partition coefficient (Wildman–Crippen LogP) is 3.80. The van der Waals surface area contributed by atoms with Gasteiger partial charge in [0.05, 0.1) is 33.3 Å². The van der Waals surface area contributed by atoms with Crippen LogP contribution in [0, 0.1) is 11.6 Å². The van der Waals surface area contributed by atoms with Crippen LogP contribution in [-0.4, -0.2) is 26.0 Å². The van der Waals surface area contributed by atoms with Gasteiger partial charge in [0.15, 0.2) is 11.6 Å². The Hall–Kier alpha value is -2.71. The number of nitrogens with one attached hydrogen (secondary N) is 1. The first kappa shape index (κ1) is 16.5. The Morgan fingerprint density at radius 1 is 1.15 bits per heavy atom. The lowest BCUT2D eigenvalue weighted by Crippen LogP contribution is -2.17. The molecular weight excluding hydrogens is 368 g/mol. The summed E-state index contributed by atoms with van der Waals surface area (Å²) in [6.45, 7) is 0.577. The van der Waals surface area contributed by atoms with Crippen molar-refractivity contribution < 1.29 is 8.78 Å². The van der Waals surface area contributed by atoms with Crippen LogP contribution in [0.15, 0.2) is 48.1 Å². The number of halogens is 2. The van der Waals surface area contributed by atoms with Crippen LogP contribution in [-0.2, 0) is 6.54 Å². The van der Waals surface area contributed by atoms with Crippen LogP contribution in [0.1, 0.15) is 23.6 Å². The van der Waals surface area contributed by atoms with Gasteiger partial charge >= 0.3 is 0 Å². The summed E-state index contributed by atoms with van der Waals surface area (Å²) in [5, 5.41) is 11.8. The Morgan fingerprint density at radius 3 is 2.96 bits per heavy atom. The number of nitrogens with zero attached hydrogens (tertiary/aromatic N) is 4. The molecule has 1 saturated carbocycles. The highest BCUT2D eigenvalue weighted by molar-refractivity contribution is 7.16. The van der Waals surface area contributed by atoms with E-state index < -0.39 is 11.6 Å². The predicted molar refractivity (Wildman–Crippen MR) is 98.9 cm³/mol. The molecule has 4 aromatic rings. The standard InChI is InChI=1S/C19H15F2N5S/c20-15-3-1-11(5-16(15)21)14-7-18(14)22-8-12-9-26(25-24-12)13-2-4-17-19(6-13)27-10-23-17/h1-6,9-10,14,18,22H,7-8H2/t14-,18+/m0/s1. The van der Waals surface area contributed by atoms with E-state index in [0.29, 0.717) is 6.54 Å². The van der Waals surface area contributed by atoms with Gasteiger partial charge in [-0.25, -0.2) is 18.4 Å². The molecule has 2 atom stereocenters. The van der Waals surface area contributed by atoms with E-state index in [1.165, 1.54) is 12.1 Å². The van der Waals surface area contributed by atoms with Gasteiger partial charge in [0.2, 0.25) is 0 Å². The van der Waals surface area contributed by atoms with Crippen molar-refractivity contribution in [2.24, 2.45) is 0 Å². The lowest BCUT2D eigenvalue weighted by Gasteiger charge is -2.03. The van der Waals surface area contributed by atoms with Crippen LogP contribution in [0.5, 0.6) is 0 Å². The molecule has 0 unspecified atom stereocenters. The molecule has 0 aliphatic heterocycles. The third-order valence-electron chi connectivity index (χ3n) is 4.83. The monoisotopic (exact) mass is 383 g/mol. The first-order chi connectivity index (χ1) is 13.2. The Bertz CT molecular complexity index is 1120. The van der Waals surface area contributed by atoms with E-state index in [-0.39, 0.29) is 12.0 Å². The molecule has 0 radical (unpaired) electrons. The first-order valence-electron chi connectivity index (χ1n) is 8.60. The van der Waals surface area contributed by atoms with E-state index in [1.807, 2.05) is 29.9 Å². The van der Waals surface area contributed by atoms with Crippen molar-refractivity contribution in [3.8, 4) is 5.69 Å². The molecule has 0 amide bonds. The third kappa shape index (κ3) is 3.22. The van der Waals surface area contributed by atoms with E-state index in [2.05, 4.69) is 20.6 Å². The normalized spacial score (nSPS) is 18.9. The number of thiazole rings is 1. The molecule has 0 saturated heterocycles. The number of rotatable bonds is 5. The molecule has 1 N–H and O–H groups in total. The molecule has 136 valence electrons. The summed E-state index contributed by atoms with van der Waals surface area (Å²) < 4.78 is 29.3. The van der Waals surface area contributed by atoms with Crippen molar-refractivity contribution in [2.75, 3.05) is 0 Å².